The maximum atomic E-state index is 12.5. The van der Waals surface area contributed by atoms with E-state index in [-0.39, 0.29) is 17.5 Å². The van der Waals surface area contributed by atoms with E-state index < -0.39 is 0 Å². The molecule has 1 aliphatic rings. The second kappa shape index (κ2) is 8.23. The van der Waals surface area contributed by atoms with Crippen LogP contribution in [0.15, 0.2) is 29.1 Å². The van der Waals surface area contributed by atoms with Crippen LogP contribution in [0.4, 0.5) is 0 Å². The van der Waals surface area contributed by atoms with Gasteiger partial charge in [0.1, 0.15) is 5.52 Å². The maximum Gasteiger partial charge on any atom is 0.277 e. The van der Waals surface area contributed by atoms with Crippen LogP contribution in [0.2, 0.25) is 0 Å². The van der Waals surface area contributed by atoms with Gasteiger partial charge in [0.15, 0.2) is 0 Å². The summed E-state index contributed by atoms with van der Waals surface area (Å²) in [4.78, 5) is 24.7. The summed E-state index contributed by atoms with van der Waals surface area (Å²) in [6.07, 6.45) is 7.40. The zero-order valence-corrected chi connectivity index (χ0v) is 14.8. The molecule has 3 rings (SSSR count). The normalized spacial score (nSPS) is 16.2. The number of nitrogens with one attached hydrogen (secondary N) is 1. The Hall–Kier alpha value is -2.24. The van der Waals surface area contributed by atoms with Crippen molar-refractivity contribution in [1.29, 1.82) is 0 Å². The molecule has 1 fully saturated rings. The summed E-state index contributed by atoms with van der Waals surface area (Å²) in [5, 5.41) is 11.7. The van der Waals surface area contributed by atoms with Crippen LogP contribution < -0.4 is 10.9 Å². The molecule has 1 heterocycles. The Bertz CT molecular complexity index is 780. The van der Waals surface area contributed by atoms with Crippen molar-refractivity contribution >= 4 is 16.8 Å². The fourth-order valence-electron chi connectivity index (χ4n) is 3.56. The second-order valence-electron chi connectivity index (χ2n) is 6.96. The van der Waals surface area contributed by atoms with Gasteiger partial charge >= 0.3 is 0 Å². The average Bonchev–Trinajstić information content (AvgIpc) is 3.15. The van der Waals surface area contributed by atoms with Crippen LogP contribution in [-0.4, -0.2) is 26.9 Å². The number of fused-ring (bicyclic) bond motifs is 1. The number of benzene rings is 1. The minimum Gasteiger partial charge on any atom is -0.352 e. The van der Waals surface area contributed by atoms with E-state index in [1.54, 1.807) is 12.1 Å². The highest BCUT2D eigenvalue weighted by atomic mass is 16.2. The molecule has 0 unspecified atom stereocenters. The molecular formula is C19H26N4O2. The molecule has 0 bridgehead atoms. The Labute approximate surface area is 147 Å². The SMILES string of the molecule is CC[C@H](Cn1nnc2ccccc2c1=O)NC(=O)CCC1CCCC1. The van der Waals surface area contributed by atoms with Gasteiger partial charge in [-0.25, -0.2) is 4.68 Å². The van der Waals surface area contributed by atoms with Crippen molar-refractivity contribution in [3.63, 3.8) is 0 Å². The van der Waals surface area contributed by atoms with Crippen molar-refractivity contribution in [2.24, 2.45) is 5.92 Å². The monoisotopic (exact) mass is 342 g/mol. The highest BCUT2D eigenvalue weighted by Gasteiger charge is 2.18. The third-order valence-electron chi connectivity index (χ3n) is 5.13. The number of carbonyl (C=O) groups excluding carboxylic acids is 1. The number of hydrogen-bond donors (Lipinski definition) is 1. The van der Waals surface area contributed by atoms with Gasteiger partial charge in [0.05, 0.1) is 11.9 Å². The molecule has 0 aliphatic heterocycles. The van der Waals surface area contributed by atoms with Gasteiger partial charge in [0, 0.05) is 12.5 Å². The first-order valence-electron chi connectivity index (χ1n) is 9.29. The molecule has 6 nitrogen and oxygen atoms in total. The van der Waals surface area contributed by atoms with Crippen molar-refractivity contribution in [2.75, 3.05) is 0 Å². The molecule has 1 saturated carbocycles. The van der Waals surface area contributed by atoms with Gasteiger partial charge < -0.3 is 5.32 Å². The van der Waals surface area contributed by atoms with E-state index >= 15 is 0 Å². The summed E-state index contributed by atoms with van der Waals surface area (Å²) in [5.74, 6) is 0.778. The smallest absolute Gasteiger partial charge is 0.277 e. The molecule has 0 spiro atoms. The number of hydrogen-bond acceptors (Lipinski definition) is 4. The molecule has 1 aromatic heterocycles. The standard InChI is InChI=1S/C19H26N4O2/c1-2-15(20-18(24)12-11-14-7-3-4-8-14)13-23-19(25)16-9-5-6-10-17(16)21-22-23/h5-6,9-10,14-15H,2-4,7-8,11-13H2,1H3,(H,20,24)/t15-/m1/s1. The van der Waals surface area contributed by atoms with E-state index in [2.05, 4.69) is 15.6 Å². The first kappa shape index (κ1) is 17.6. The molecule has 1 amide bonds. The summed E-state index contributed by atoms with van der Waals surface area (Å²) >= 11 is 0. The van der Waals surface area contributed by atoms with Crippen molar-refractivity contribution < 1.29 is 4.79 Å². The molecule has 2 aromatic rings. The number of carbonyl (C=O) groups is 1. The Balaban J connectivity index is 1.60. The number of nitrogens with zero attached hydrogens (tertiary/aromatic N) is 3. The third kappa shape index (κ3) is 4.44. The lowest BCUT2D eigenvalue weighted by molar-refractivity contribution is -0.122. The van der Waals surface area contributed by atoms with Crippen molar-refractivity contribution in [3.05, 3.63) is 34.6 Å². The van der Waals surface area contributed by atoms with Crippen LogP contribution in [0.25, 0.3) is 10.9 Å². The zero-order valence-electron chi connectivity index (χ0n) is 14.8. The summed E-state index contributed by atoms with van der Waals surface area (Å²) < 4.78 is 1.35. The van der Waals surface area contributed by atoms with Crippen molar-refractivity contribution in [2.45, 2.75) is 64.5 Å². The number of rotatable bonds is 7. The lowest BCUT2D eigenvalue weighted by Gasteiger charge is -2.18. The fourth-order valence-corrected chi connectivity index (χ4v) is 3.56. The topological polar surface area (TPSA) is 76.9 Å². The molecule has 1 atom stereocenters. The zero-order chi connectivity index (χ0) is 17.6. The van der Waals surface area contributed by atoms with Gasteiger partial charge in [-0.15, -0.1) is 5.10 Å². The summed E-state index contributed by atoms with van der Waals surface area (Å²) in [5.41, 5.74) is 0.432. The number of aromatic nitrogens is 3. The van der Waals surface area contributed by atoms with E-state index in [1.807, 2.05) is 19.1 Å². The van der Waals surface area contributed by atoms with Gasteiger partial charge in [-0.1, -0.05) is 50.0 Å². The van der Waals surface area contributed by atoms with Gasteiger partial charge in [0.25, 0.3) is 5.56 Å². The summed E-state index contributed by atoms with van der Waals surface area (Å²) in [6, 6.07) is 7.07. The molecule has 0 radical (unpaired) electrons. The molecule has 1 N–H and O–H groups in total. The third-order valence-corrected chi connectivity index (χ3v) is 5.13. The summed E-state index contributed by atoms with van der Waals surface area (Å²) in [7, 11) is 0. The minimum atomic E-state index is -0.163. The molecule has 25 heavy (non-hydrogen) atoms. The van der Waals surface area contributed by atoms with Gasteiger partial charge in [-0.05, 0) is 30.9 Å². The first-order chi connectivity index (χ1) is 12.2. The van der Waals surface area contributed by atoms with Crippen LogP contribution in [0.5, 0.6) is 0 Å². The van der Waals surface area contributed by atoms with E-state index in [0.717, 1.165) is 12.8 Å². The van der Waals surface area contributed by atoms with Gasteiger partial charge in [-0.2, -0.15) is 0 Å². The predicted octanol–water partition coefficient (Wildman–Crippen LogP) is 2.66. The van der Waals surface area contributed by atoms with Crippen LogP contribution in [-0.2, 0) is 11.3 Å². The highest BCUT2D eigenvalue weighted by Crippen LogP contribution is 2.28. The molecule has 0 saturated heterocycles. The van der Waals surface area contributed by atoms with Crippen molar-refractivity contribution in [3.8, 4) is 0 Å². The van der Waals surface area contributed by atoms with Crippen LogP contribution >= 0.6 is 0 Å². The Morgan fingerprint density at radius 1 is 1.32 bits per heavy atom. The first-order valence-corrected chi connectivity index (χ1v) is 9.29. The van der Waals surface area contributed by atoms with Gasteiger partial charge in [-0.3, -0.25) is 9.59 Å². The van der Waals surface area contributed by atoms with E-state index in [9.17, 15) is 9.59 Å². The minimum absolute atomic E-state index is 0.0700. The lowest BCUT2D eigenvalue weighted by atomic mass is 10.0. The van der Waals surface area contributed by atoms with Crippen LogP contribution in [0, 0.1) is 5.92 Å². The second-order valence-corrected chi connectivity index (χ2v) is 6.96. The molecular weight excluding hydrogens is 316 g/mol. The van der Waals surface area contributed by atoms with Crippen LogP contribution in [0.3, 0.4) is 0 Å². The predicted molar refractivity (Wildman–Crippen MR) is 97.2 cm³/mol. The van der Waals surface area contributed by atoms with E-state index in [4.69, 9.17) is 0 Å². The molecule has 134 valence electrons. The Morgan fingerprint density at radius 2 is 2.08 bits per heavy atom. The Morgan fingerprint density at radius 3 is 2.84 bits per heavy atom. The van der Waals surface area contributed by atoms with E-state index in [0.29, 0.717) is 29.8 Å². The fraction of sp³-hybridized carbons (Fsp3) is 0.579. The molecule has 6 heteroatoms. The molecule has 1 aromatic carbocycles. The highest BCUT2D eigenvalue weighted by molar-refractivity contribution is 5.77. The van der Waals surface area contributed by atoms with Crippen molar-refractivity contribution in [1.82, 2.24) is 20.3 Å². The number of amides is 1. The molecule has 1 aliphatic carbocycles. The van der Waals surface area contributed by atoms with Crippen LogP contribution in [0.1, 0.15) is 51.9 Å². The summed E-state index contributed by atoms with van der Waals surface area (Å²) in [6.45, 7) is 2.35. The van der Waals surface area contributed by atoms with E-state index in [1.165, 1.54) is 30.4 Å². The quantitative estimate of drug-likeness (QED) is 0.839. The maximum absolute atomic E-state index is 12.5. The Kier molecular flexibility index (Phi) is 5.79. The van der Waals surface area contributed by atoms with Gasteiger partial charge in [0.2, 0.25) is 5.91 Å². The average molecular weight is 342 g/mol. The lowest BCUT2D eigenvalue weighted by Crippen LogP contribution is -2.40. The largest absolute Gasteiger partial charge is 0.352 e.